The van der Waals surface area contributed by atoms with Gasteiger partial charge in [0, 0.05) is 17.2 Å². The van der Waals surface area contributed by atoms with Crippen LogP contribution < -0.4 is 15.2 Å². The van der Waals surface area contributed by atoms with Gasteiger partial charge in [0.05, 0.1) is 26.5 Å². The molecule has 0 aliphatic heterocycles. The molecule has 2 rings (SSSR count). The van der Waals surface area contributed by atoms with Crippen LogP contribution in [-0.2, 0) is 0 Å². The van der Waals surface area contributed by atoms with E-state index >= 15 is 0 Å². The number of aryl methyl sites for hydroxylation is 1. The summed E-state index contributed by atoms with van der Waals surface area (Å²) in [5, 5.41) is 0. The second-order valence-corrected chi connectivity index (χ2v) is 4.02. The lowest BCUT2D eigenvalue weighted by Crippen LogP contribution is -2.13. The molecule has 96 valence electrons. The summed E-state index contributed by atoms with van der Waals surface area (Å²) < 4.78 is 15.8. The van der Waals surface area contributed by atoms with E-state index < -0.39 is 0 Å². The Bertz CT molecular complexity index is 534. The van der Waals surface area contributed by atoms with Crippen LogP contribution in [0.15, 0.2) is 34.9 Å². The van der Waals surface area contributed by atoms with Crippen molar-refractivity contribution in [1.29, 1.82) is 0 Å². The Balaban J connectivity index is 2.41. The molecule has 0 saturated heterocycles. The summed E-state index contributed by atoms with van der Waals surface area (Å²) in [5.74, 6) is 2.27. The number of hydrogen-bond acceptors (Lipinski definition) is 4. The van der Waals surface area contributed by atoms with Gasteiger partial charge in [-0.1, -0.05) is 0 Å². The van der Waals surface area contributed by atoms with Gasteiger partial charge in [0.25, 0.3) is 0 Å². The van der Waals surface area contributed by atoms with Crippen molar-refractivity contribution in [3.63, 3.8) is 0 Å². The summed E-state index contributed by atoms with van der Waals surface area (Å²) in [6.07, 6.45) is 1.64. The zero-order chi connectivity index (χ0) is 13.1. The van der Waals surface area contributed by atoms with Gasteiger partial charge < -0.3 is 19.6 Å². The number of benzene rings is 1. The van der Waals surface area contributed by atoms with E-state index in [0.29, 0.717) is 5.75 Å². The molecule has 4 heteroatoms. The monoisotopic (exact) mass is 247 g/mol. The van der Waals surface area contributed by atoms with Crippen LogP contribution in [0.25, 0.3) is 0 Å². The second-order valence-electron chi connectivity index (χ2n) is 4.02. The predicted octanol–water partition coefficient (Wildman–Crippen LogP) is 2.65. The maximum absolute atomic E-state index is 6.25. The SMILES string of the molecule is COc1ccc(C(N)c2ccoc2C)c(OC)c1. The minimum absolute atomic E-state index is 0.274. The number of nitrogens with two attached hydrogens (primary N) is 1. The molecule has 0 fully saturated rings. The van der Waals surface area contributed by atoms with Crippen molar-refractivity contribution in [3.8, 4) is 11.5 Å². The Kier molecular flexibility index (Phi) is 3.58. The maximum Gasteiger partial charge on any atom is 0.127 e. The molecule has 0 bridgehead atoms. The van der Waals surface area contributed by atoms with E-state index in [0.717, 1.165) is 22.6 Å². The highest BCUT2D eigenvalue weighted by molar-refractivity contribution is 5.46. The lowest BCUT2D eigenvalue weighted by atomic mass is 9.99. The van der Waals surface area contributed by atoms with Crippen LogP contribution in [0.1, 0.15) is 22.9 Å². The summed E-state index contributed by atoms with van der Waals surface area (Å²) >= 11 is 0. The first-order valence-electron chi connectivity index (χ1n) is 5.69. The fourth-order valence-electron chi connectivity index (χ4n) is 1.96. The van der Waals surface area contributed by atoms with Gasteiger partial charge in [-0.15, -0.1) is 0 Å². The van der Waals surface area contributed by atoms with E-state index in [2.05, 4.69) is 0 Å². The van der Waals surface area contributed by atoms with Gasteiger partial charge in [-0.3, -0.25) is 0 Å². The lowest BCUT2D eigenvalue weighted by Gasteiger charge is -2.16. The van der Waals surface area contributed by atoms with Crippen molar-refractivity contribution in [2.45, 2.75) is 13.0 Å². The molecule has 2 aromatic rings. The second kappa shape index (κ2) is 5.14. The average molecular weight is 247 g/mol. The van der Waals surface area contributed by atoms with E-state index in [1.54, 1.807) is 20.5 Å². The number of hydrogen-bond donors (Lipinski definition) is 1. The Morgan fingerprint density at radius 2 is 1.89 bits per heavy atom. The van der Waals surface area contributed by atoms with Crippen molar-refractivity contribution in [1.82, 2.24) is 0 Å². The highest BCUT2D eigenvalue weighted by atomic mass is 16.5. The van der Waals surface area contributed by atoms with Crippen molar-refractivity contribution in [2.75, 3.05) is 14.2 Å². The van der Waals surface area contributed by atoms with Gasteiger partial charge in [0.2, 0.25) is 0 Å². The third kappa shape index (κ3) is 2.19. The van der Waals surface area contributed by atoms with E-state index in [1.165, 1.54) is 0 Å². The normalized spacial score (nSPS) is 12.2. The van der Waals surface area contributed by atoms with Gasteiger partial charge in [0.1, 0.15) is 17.3 Å². The van der Waals surface area contributed by atoms with Crippen molar-refractivity contribution < 1.29 is 13.9 Å². The van der Waals surface area contributed by atoms with Crippen molar-refractivity contribution >= 4 is 0 Å². The van der Waals surface area contributed by atoms with Crippen molar-refractivity contribution in [3.05, 3.63) is 47.4 Å². The third-order valence-electron chi connectivity index (χ3n) is 3.01. The van der Waals surface area contributed by atoms with Crippen LogP contribution in [0, 0.1) is 6.92 Å². The molecular weight excluding hydrogens is 230 g/mol. The maximum atomic E-state index is 6.25. The summed E-state index contributed by atoms with van der Waals surface area (Å²) in [7, 11) is 3.24. The number of methoxy groups -OCH3 is 2. The summed E-state index contributed by atoms with van der Waals surface area (Å²) in [6, 6.07) is 7.21. The smallest absolute Gasteiger partial charge is 0.127 e. The van der Waals surface area contributed by atoms with Gasteiger partial charge in [-0.2, -0.15) is 0 Å². The zero-order valence-electron chi connectivity index (χ0n) is 10.8. The minimum atomic E-state index is -0.274. The fourth-order valence-corrected chi connectivity index (χ4v) is 1.96. The van der Waals surface area contributed by atoms with Crippen LogP contribution >= 0.6 is 0 Å². The highest BCUT2D eigenvalue weighted by Crippen LogP contribution is 2.32. The fraction of sp³-hybridized carbons (Fsp3) is 0.286. The molecule has 1 aromatic carbocycles. The molecule has 1 unspecified atom stereocenters. The van der Waals surface area contributed by atoms with E-state index in [1.807, 2.05) is 31.2 Å². The molecule has 1 atom stereocenters. The molecule has 0 aliphatic rings. The van der Waals surface area contributed by atoms with E-state index in [4.69, 9.17) is 19.6 Å². The number of furan rings is 1. The molecular formula is C14H17NO3. The number of rotatable bonds is 4. The van der Waals surface area contributed by atoms with Crippen LogP contribution in [-0.4, -0.2) is 14.2 Å². The lowest BCUT2D eigenvalue weighted by molar-refractivity contribution is 0.389. The Hall–Kier alpha value is -1.94. The van der Waals surface area contributed by atoms with Gasteiger partial charge >= 0.3 is 0 Å². The van der Waals surface area contributed by atoms with E-state index in [-0.39, 0.29) is 6.04 Å². The van der Waals surface area contributed by atoms with Crippen LogP contribution in [0.3, 0.4) is 0 Å². The molecule has 0 radical (unpaired) electrons. The molecule has 0 spiro atoms. The molecule has 2 N–H and O–H groups in total. The van der Waals surface area contributed by atoms with Crippen molar-refractivity contribution in [2.24, 2.45) is 5.73 Å². The Morgan fingerprint density at radius 1 is 1.11 bits per heavy atom. The molecule has 0 aliphatic carbocycles. The van der Waals surface area contributed by atoms with Crippen LogP contribution in [0.2, 0.25) is 0 Å². The molecule has 1 aromatic heterocycles. The quantitative estimate of drug-likeness (QED) is 0.902. The summed E-state index contributed by atoms with van der Waals surface area (Å²) in [5.41, 5.74) is 8.11. The summed E-state index contributed by atoms with van der Waals surface area (Å²) in [6.45, 7) is 1.89. The van der Waals surface area contributed by atoms with Crippen LogP contribution in [0.4, 0.5) is 0 Å². The molecule has 1 heterocycles. The first-order chi connectivity index (χ1) is 8.67. The zero-order valence-corrected chi connectivity index (χ0v) is 10.8. The van der Waals surface area contributed by atoms with Gasteiger partial charge in [-0.25, -0.2) is 0 Å². The highest BCUT2D eigenvalue weighted by Gasteiger charge is 2.18. The summed E-state index contributed by atoms with van der Waals surface area (Å²) in [4.78, 5) is 0. The largest absolute Gasteiger partial charge is 0.497 e. The predicted molar refractivity (Wildman–Crippen MR) is 69.0 cm³/mol. The topological polar surface area (TPSA) is 57.6 Å². The first kappa shape index (κ1) is 12.5. The Morgan fingerprint density at radius 3 is 2.44 bits per heavy atom. The van der Waals surface area contributed by atoms with Gasteiger partial charge in [-0.05, 0) is 25.1 Å². The third-order valence-corrected chi connectivity index (χ3v) is 3.01. The first-order valence-corrected chi connectivity index (χ1v) is 5.69. The molecule has 4 nitrogen and oxygen atoms in total. The molecule has 18 heavy (non-hydrogen) atoms. The standard InChI is InChI=1S/C14H17NO3/c1-9-11(6-7-18-9)14(15)12-5-4-10(16-2)8-13(12)17-3/h4-8,14H,15H2,1-3H3. The van der Waals surface area contributed by atoms with Crippen LogP contribution in [0.5, 0.6) is 11.5 Å². The Labute approximate surface area is 106 Å². The number of ether oxygens (including phenoxy) is 2. The average Bonchev–Trinajstić information content (AvgIpc) is 2.83. The molecule has 0 amide bonds. The van der Waals surface area contributed by atoms with E-state index in [9.17, 15) is 0 Å². The van der Waals surface area contributed by atoms with Gasteiger partial charge in [0.15, 0.2) is 0 Å². The minimum Gasteiger partial charge on any atom is -0.497 e. The molecule has 0 saturated carbocycles.